The fraction of sp³-hybridized carbons (Fsp3) is 0. The molecular weight excluding hydrogens is 623 g/mol. The van der Waals surface area contributed by atoms with Crippen LogP contribution in [0.2, 0.25) is 0 Å². The minimum atomic E-state index is 0.585. The highest BCUT2D eigenvalue weighted by atomic mass is 15.0. The smallest absolute Gasteiger partial charge is 0.164 e. The zero-order valence-electron chi connectivity index (χ0n) is 27.5. The predicted octanol–water partition coefficient (Wildman–Crippen LogP) is 11.2. The van der Waals surface area contributed by atoms with Crippen molar-refractivity contribution in [1.82, 2.24) is 19.5 Å². The minimum absolute atomic E-state index is 0.585. The van der Waals surface area contributed by atoms with Crippen molar-refractivity contribution < 1.29 is 0 Å². The molecule has 0 amide bonds. The summed E-state index contributed by atoms with van der Waals surface area (Å²) in [6, 6.07) is 62.2. The van der Waals surface area contributed by atoms with Gasteiger partial charge in [0, 0.05) is 33.0 Å². The first-order valence-electron chi connectivity index (χ1n) is 16.8. The van der Waals surface area contributed by atoms with Gasteiger partial charge in [-0.05, 0) is 47.0 Å². The van der Waals surface area contributed by atoms with E-state index in [-0.39, 0.29) is 0 Å². The summed E-state index contributed by atoms with van der Waals surface area (Å²) in [5.41, 5.74) is 10.9. The molecule has 5 nitrogen and oxygen atoms in total. The maximum atomic E-state index is 9.41. The molecule has 0 radical (unpaired) electrons. The lowest BCUT2D eigenvalue weighted by molar-refractivity contribution is 1.07. The standard InChI is InChI=1S/C46H29N5/c47-30-31-12-11-17-36(28-31)32-22-24-35(25-23-32)45-48-44(34-15-5-2-6-16-34)49-46(50-45)37-26-27-38(33-13-3-1-4-14-33)43(29-37)51-41-20-9-7-18-39(41)40-19-8-10-21-42(40)51/h1-29H. The van der Waals surface area contributed by atoms with E-state index in [0.717, 1.165) is 55.7 Å². The van der Waals surface area contributed by atoms with Gasteiger partial charge in [-0.15, -0.1) is 0 Å². The molecule has 0 saturated carbocycles. The quantitative estimate of drug-likeness (QED) is 0.179. The molecule has 2 aromatic heterocycles. The average molecular weight is 652 g/mol. The number of rotatable bonds is 6. The zero-order chi connectivity index (χ0) is 34.1. The summed E-state index contributed by atoms with van der Waals surface area (Å²) in [7, 11) is 0. The van der Waals surface area contributed by atoms with Crippen LogP contribution in [0.15, 0.2) is 176 Å². The molecule has 0 aliphatic carbocycles. The number of hydrogen-bond donors (Lipinski definition) is 0. The van der Waals surface area contributed by atoms with Crippen LogP contribution in [0.25, 0.3) is 83.9 Å². The van der Waals surface area contributed by atoms with Crippen molar-refractivity contribution in [3.63, 3.8) is 0 Å². The van der Waals surface area contributed by atoms with Crippen LogP contribution in [0.1, 0.15) is 5.56 Å². The largest absolute Gasteiger partial charge is 0.309 e. The third kappa shape index (κ3) is 5.51. The van der Waals surface area contributed by atoms with Gasteiger partial charge in [-0.3, -0.25) is 0 Å². The number of aromatic nitrogens is 4. The first-order chi connectivity index (χ1) is 25.2. The molecule has 0 aliphatic rings. The van der Waals surface area contributed by atoms with E-state index in [1.54, 1.807) is 0 Å². The van der Waals surface area contributed by atoms with Gasteiger partial charge in [0.1, 0.15) is 0 Å². The van der Waals surface area contributed by atoms with E-state index in [9.17, 15) is 5.26 Å². The van der Waals surface area contributed by atoms with E-state index in [2.05, 4.69) is 102 Å². The Hall–Kier alpha value is -7.16. The van der Waals surface area contributed by atoms with Crippen LogP contribution in [-0.4, -0.2) is 19.5 Å². The topological polar surface area (TPSA) is 67.4 Å². The summed E-state index contributed by atoms with van der Waals surface area (Å²) >= 11 is 0. The lowest BCUT2D eigenvalue weighted by Gasteiger charge is -2.16. The zero-order valence-corrected chi connectivity index (χ0v) is 27.5. The molecular formula is C46H29N5. The van der Waals surface area contributed by atoms with Gasteiger partial charge in [0.2, 0.25) is 0 Å². The van der Waals surface area contributed by atoms with Crippen molar-refractivity contribution >= 4 is 21.8 Å². The SMILES string of the molecule is N#Cc1cccc(-c2ccc(-c3nc(-c4ccccc4)nc(-c4ccc(-c5ccccc5)c(-n5c6ccccc6c6ccccc65)c4)n3)cc2)c1. The summed E-state index contributed by atoms with van der Waals surface area (Å²) in [4.78, 5) is 15.2. The Morgan fingerprint density at radius 2 is 0.882 bits per heavy atom. The molecule has 2 heterocycles. The Bertz CT molecular complexity index is 2690. The van der Waals surface area contributed by atoms with Crippen LogP contribution >= 0.6 is 0 Å². The monoisotopic (exact) mass is 651 g/mol. The average Bonchev–Trinajstić information content (AvgIpc) is 3.55. The van der Waals surface area contributed by atoms with E-state index >= 15 is 0 Å². The minimum Gasteiger partial charge on any atom is -0.309 e. The highest BCUT2D eigenvalue weighted by molar-refractivity contribution is 6.09. The van der Waals surface area contributed by atoms with Crippen molar-refractivity contribution in [1.29, 1.82) is 5.26 Å². The summed E-state index contributed by atoms with van der Waals surface area (Å²) < 4.78 is 2.36. The first kappa shape index (κ1) is 29.9. The molecule has 5 heteroatoms. The van der Waals surface area contributed by atoms with Gasteiger partial charge in [0.25, 0.3) is 0 Å². The van der Waals surface area contributed by atoms with E-state index in [1.807, 2.05) is 84.9 Å². The second-order valence-corrected chi connectivity index (χ2v) is 12.4. The second-order valence-electron chi connectivity index (χ2n) is 12.4. The van der Waals surface area contributed by atoms with Crippen molar-refractivity contribution in [2.45, 2.75) is 0 Å². The summed E-state index contributed by atoms with van der Waals surface area (Å²) in [5.74, 6) is 1.78. The molecule has 238 valence electrons. The molecule has 0 N–H and O–H groups in total. The maximum Gasteiger partial charge on any atom is 0.164 e. The second kappa shape index (κ2) is 12.7. The molecule has 9 rings (SSSR count). The van der Waals surface area contributed by atoms with E-state index < -0.39 is 0 Å². The van der Waals surface area contributed by atoms with Gasteiger partial charge in [-0.25, -0.2) is 15.0 Å². The number of hydrogen-bond acceptors (Lipinski definition) is 4. The molecule has 9 aromatic rings. The van der Waals surface area contributed by atoms with Crippen molar-refractivity contribution in [2.24, 2.45) is 0 Å². The van der Waals surface area contributed by atoms with E-state index in [1.165, 1.54) is 10.8 Å². The normalized spacial score (nSPS) is 11.1. The maximum absolute atomic E-state index is 9.41. The van der Waals surface area contributed by atoms with Gasteiger partial charge < -0.3 is 4.57 Å². The third-order valence-corrected chi connectivity index (χ3v) is 9.30. The lowest BCUT2D eigenvalue weighted by Crippen LogP contribution is -2.02. The fourth-order valence-electron chi connectivity index (χ4n) is 6.83. The molecule has 0 fully saturated rings. The first-order valence-corrected chi connectivity index (χ1v) is 16.8. The highest BCUT2D eigenvalue weighted by Gasteiger charge is 2.19. The van der Waals surface area contributed by atoms with Crippen LogP contribution in [0, 0.1) is 11.3 Å². The summed E-state index contributed by atoms with van der Waals surface area (Å²) in [5, 5.41) is 11.8. The van der Waals surface area contributed by atoms with Crippen molar-refractivity contribution in [2.75, 3.05) is 0 Å². The Morgan fingerprint density at radius 1 is 0.392 bits per heavy atom. The molecule has 51 heavy (non-hydrogen) atoms. The third-order valence-electron chi connectivity index (χ3n) is 9.30. The van der Waals surface area contributed by atoms with Gasteiger partial charge in [0.05, 0.1) is 28.4 Å². The number of para-hydroxylation sites is 2. The van der Waals surface area contributed by atoms with Crippen LogP contribution in [0.4, 0.5) is 0 Å². The van der Waals surface area contributed by atoms with Crippen molar-refractivity contribution in [3.8, 4) is 68.2 Å². The molecule has 0 bridgehead atoms. The number of nitriles is 1. The molecule has 0 atom stereocenters. The van der Waals surface area contributed by atoms with Crippen LogP contribution in [0.3, 0.4) is 0 Å². The van der Waals surface area contributed by atoms with Gasteiger partial charge in [0.15, 0.2) is 17.5 Å². The fourth-order valence-corrected chi connectivity index (χ4v) is 6.83. The van der Waals surface area contributed by atoms with Crippen LogP contribution in [0.5, 0.6) is 0 Å². The van der Waals surface area contributed by atoms with Gasteiger partial charge in [-0.1, -0.05) is 146 Å². The Labute approximate surface area is 295 Å². The van der Waals surface area contributed by atoms with Gasteiger partial charge in [-0.2, -0.15) is 5.26 Å². The molecule has 7 aromatic carbocycles. The predicted molar refractivity (Wildman–Crippen MR) is 206 cm³/mol. The van der Waals surface area contributed by atoms with Crippen LogP contribution < -0.4 is 0 Å². The number of benzene rings is 7. The van der Waals surface area contributed by atoms with E-state index in [0.29, 0.717) is 23.0 Å². The number of nitrogens with zero attached hydrogens (tertiary/aromatic N) is 5. The van der Waals surface area contributed by atoms with Crippen molar-refractivity contribution in [3.05, 3.63) is 181 Å². The van der Waals surface area contributed by atoms with Crippen LogP contribution in [-0.2, 0) is 0 Å². The lowest BCUT2D eigenvalue weighted by atomic mass is 10.0. The van der Waals surface area contributed by atoms with E-state index in [4.69, 9.17) is 15.0 Å². The Morgan fingerprint density at radius 3 is 1.51 bits per heavy atom. The molecule has 0 aliphatic heterocycles. The summed E-state index contributed by atoms with van der Waals surface area (Å²) in [6.45, 7) is 0. The molecule has 0 unspecified atom stereocenters. The number of fused-ring (bicyclic) bond motifs is 3. The van der Waals surface area contributed by atoms with Gasteiger partial charge >= 0.3 is 0 Å². The molecule has 0 spiro atoms. The Balaban J connectivity index is 1.24. The summed E-state index contributed by atoms with van der Waals surface area (Å²) in [6.07, 6.45) is 0. The highest BCUT2D eigenvalue weighted by Crippen LogP contribution is 2.38. The Kier molecular flexibility index (Phi) is 7.46. The molecule has 0 saturated heterocycles.